The van der Waals surface area contributed by atoms with Crippen LogP contribution in [0.3, 0.4) is 0 Å². The Morgan fingerprint density at radius 2 is 1.11 bits per heavy atom. The van der Waals surface area contributed by atoms with E-state index in [4.69, 9.17) is 43.2 Å². The van der Waals surface area contributed by atoms with Gasteiger partial charge in [-0.1, -0.05) is 0 Å². The van der Waals surface area contributed by atoms with Gasteiger partial charge in [0, 0.05) is 17.5 Å². The normalized spacial score (nSPS) is 9.48. The molecule has 0 saturated carbocycles. The van der Waals surface area contributed by atoms with E-state index in [-0.39, 0.29) is 36.5 Å². The summed E-state index contributed by atoms with van der Waals surface area (Å²) in [6.45, 7) is 0.824. The third-order valence-corrected chi connectivity index (χ3v) is 3.45. The number of halogens is 2. The van der Waals surface area contributed by atoms with Gasteiger partial charge in [0.25, 0.3) is 0 Å². The van der Waals surface area contributed by atoms with Gasteiger partial charge in [-0.25, -0.2) is 0 Å². The zero-order valence-electron chi connectivity index (χ0n) is 14.5. The van der Waals surface area contributed by atoms with Crippen LogP contribution < -0.4 is 32.4 Å². The number of hydrogen-bond donors (Lipinski definition) is 6. The fourth-order valence-corrected chi connectivity index (χ4v) is 2.12. The minimum atomic E-state index is -0.0416. The first-order chi connectivity index (χ1) is 11.9. The third kappa shape index (κ3) is 6.76. The zero-order chi connectivity index (χ0) is 18.4. The molecule has 8 nitrogen and oxygen atoms in total. The van der Waals surface area contributed by atoms with Crippen LogP contribution >= 0.6 is 24.8 Å². The van der Waals surface area contributed by atoms with Crippen LogP contribution in [0.25, 0.3) is 0 Å². The van der Waals surface area contributed by atoms with Gasteiger partial charge >= 0.3 is 0 Å². The number of benzene rings is 2. The Balaban J connectivity index is 0.00000338. The molecule has 0 aliphatic rings. The minimum absolute atomic E-state index is 0. The van der Waals surface area contributed by atoms with Crippen LogP contribution in [0.4, 0.5) is 11.4 Å². The van der Waals surface area contributed by atoms with Gasteiger partial charge < -0.3 is 32.4 Å². The summed E-state index contributed by atoms with van der Waals surface area (Å²) in [6.07, 6.45) is 0.627. The van der Waals surface area contributed by atoms with Crippen LogP contribution in [0.1, 0.15) is 17.5 Å². The summed E-state index contributed by atoms with van der Waals surface area (Å²) in [6, 6.07) is 9.94. The lowest BCUT2D eigenvalue weighted by Gasteiger charge is -2.12. The molecule has 0 bridgehead atoms. The molecule has 0 aliphatic carbocycles. The first kappa shape index (κ1) is 24.2. The number of nitrogens with one attached hydrogen (secondary N) is 2. The van der Waals surface area contributed by atoms with Crippen LogP contribution in [0.2, 0.25) is 0 Å². The summed E-state index contributed by atoms with van der Waals surface area (Å²) in [5.41, 5.74) is 24.5. The van der Waals surface area contributed by atoms with E-state index in [2.05, 4.69) is 0 Å². The van der Waals surface area contributed by atoms with Crippen molar-refractivity contribution in [2.45, 2.75) is 6.42 Å². The zero-order valence-corrected chi connectivity index (χ0v) is 16.2. The first-order valence-corrected chi connectivity index (χ1v) is 7.62. The molecule has 0 saturated heterocycles. The van der Waals surface area contributed by atoms with Crippen molar-refractivity contribution >= 4 is 47.9 Å². The van der Waals surface area contributed by atoms with Gasteiger partial charge in [-0.05, 0) is 36.4 Å². The van der Waals surface area contributed by atoms with Crippen molar-refractivity contribution in [2.24, 2.45) is 11.5 Å². The Kier molecular flexibility index (Phi) is 9.84. The second kappa shape index (κ2) is 11.0. The molecule has 0 aromatic heterocycles. The van der Waals surface area contributed by atoms with Crippen molar-refractivity contribution in [3.63, 3.8) is 0 Å². The van der Waals surface area contributed by atoms with E-state index in [1.54, 1.807) is 36.4 Å². The summed E-state index contributed by atoms with van der Waals surface area (Å²) < 4.78 is 11.2. The minimum Gasteiger partial charge on any atom is -0.491 e. The number of ether oxygens (including phenoxy) is 2. The second-order valence-electron chi connectivity index (χ2n) is 5.38. The molecular formula is C17H24Cl2N6O2. The monoisotopic (exact) mass is 414 g/mol. The quantitative estimate of drug-likeness (QED) is 0.167. The van der Waals surface area contributed by atoms with E-state index < -0.39 is 0 Å². The van der Waals surface area contributed by atoms with E-state index in [9.17, 15) is 0 Å². The molecule has 148 valence electrons. The predicted octanol–water partition coefficient (Wildman–Crippen LogP) is 2.11. The van der Waals surface area contributed by atoms with Crippen molar-refractivity contribution in [1.29, 1.82) is 10.8 Å². The average Bonchev–Trinajstić information content (AvgIpc) is 2.56. The highest BCUT2D eigenvalue weighted by molar-refractivity contribution is 5.96. The summed E-state index contributed by atoms with van der Waals surface area (Å²) in [5, 5.41) is 14.7. The fourth-order valence-electron chi connectivity index (χ4n) is 2.12. The maximum atomic E-state index is 7.37. The number of anilines is 2. The van der Waals surface area contributed by atoms with E-state index in [1.165, 1.54) is 0 Å². The van der Waals surface area contributed by atoms with Crippen LogP contribution in [0.5, 0.6) is 11.5 Å². The highest BCUT2D eigenvalue weighted by Crippen LogP contribution is 2.24. The Hall–Kier alpha value is -2.84. The molecule has 10 N–H and O–H groups in total. The highest BCUT2D eigenvalue weighted by atomic mass is 35.5. The van der Waals surface area contributed by atoms with Gasteiger partial charge in [-0.3, -0.25) is 10.8 Å². The van der Waals surface area contributed by atoms with Crippen LogP contribution in [0, 0.1) is 10.8 Å². The largest absolute Gasteiger partial charge is 0.491 e. The Bertz CT molecular complexity index is 735. The topological polar surface area (TPSA) is 170 Å². The van der Waals surface area contributed by atoms with Crippen molar-refractivity contribution in [1.82, 2.24) is 0 Å². The lowest BCUT2D eigenvalue weighted by atomic mass is 10.2. The maximum absolute atomic E-state index is 7.37. The van der Waals surface area contributed by atoms with Gasteiger partial charge in [-0.15, -0.1) is 24.8 Å². The van der Waals surface area contributed by atoms with E-state index in [1.807, 2.05) is 0 Å². The maximum Gasteiger partial charge on any atom is 0.142 e. The van der Waals surface area contributed by atoms with E-state index in [0.717, 1.165) is 0 Å². The van der Waals surface area contributed by atoms with Gasteiger partial charge in [0.2, 0.25) is 0 Å². The van der Waals surface area contributed by atoms with E-state index >= 15 is 0 Å². The smallest absolute Gasteiger partial charge is 0.142 e. The number of rotatable bonds is 8. The van der Waals surface area contributed by atoms with Gasteiger partial charge in [0.15, 0.2) is 0 Å². The van der Waals surface area contributed by atoms with Crippen LogP contribution in [-0.4, -0.2) is 24.9 Å². The molecule has 0 fully saturated rings. The average molecular weight is 415 g/mol. The van der Waals surface area contributed by atoms with Crippen molar-refractivity contribution in [2.75, 3.05) is 24.7 Å². The summed E-state index contributed by atoms with van der Waals surface area (Å²) in [5.74, 6) is 0.991. The van der Waals surface area contributed by atoms with Crippen molar-refractivity contribution in [3.8, 4) is 11.5 Å². The summed E-state index contributed by atoms with van der Waals surface area (Å²) in [7, 11) is 0. The molecular weight excluding hydrogens is 391 g/mol. The number of nitrogen functional groups attached to an aromatic ring is 4. The number of hydrogen-bond acceptors (Lipinski definition) is 6. The van der Waals surface area contributed by atoms with Crippen LogP contribution in [-0.2, 0) is 0 Å². The molecule has 2 aromatic rings. The molecule has 0 radical (unpaired) electrons. The second-order valence-corrected chi connectivity index (χ2v) is 5.38. The predicted molar refractivity (Wildman–Crippen MR) is 114 cm³/mol. The third-order valence-electron chi connectivity index (χ3n) is 3.45. The van der Waals surface area contributed by atoms with Crippen molar-refractivity contribution in [3.05, 3.63) is 47.5 Å². The molecule has 0 amide bonds. The Morgan fingerprint density at radius 1 is 0.741 bits per heavy atom. The molecule has 10 heteroatoms. The Morgan fingerprint density at radius 3 is 1.41 bits per heavy atom. The van der Waals surface area contributed by atoms with Gasteiger partial charge in [0.1, 0.15) is 23.2 Å². The van der Waals surface area contributed by atoms with E-state index in [0.29, 0.717) is 53.6 Å². The molecule has 0 heterocycles. The molecule has 0 spiro atoms. The highest BCUT2D eigenvalue weighted by Gasteiger charge is 2.06. The fraction of sp³-hybridized carbons (Fsp3) is 0.176. The van der Waals surface area contributed by atoms with Gasteiger partial charge in [-0.2, -0.15) is 0 Å². The number of amidine groups is 2. The van der Waals surface area contributed by atoms with Gasteiger partial charge in [0.05, 0.1) is 24.6 Å². The molecule has 0 unspecified atom stereocenters. The molecule has 2 aromatic carbocycles. The standard InChI is InChI=1S/C17H22N6O2.2ClH/c18-12-8-10(16(20)21)2-4-14(12)24-6-1-7-25-15-5-3-11(17(22)23)9-13(15)19;;/h2-5,8-9H,1,6-7,18-19H2,(H3,20,21)(H3,22,23);2*1H. The lowest BCUT2D eigenvalue weighted by Crippen LogP contribution is -2.12. The molecule has 27 heavy (non-hydrogen) atoms. The first-order valence-electron chi connectivity index (χ1n) is 7.62. The molecule has 0 aliphatic heterocycles. The number of nitrogens with two attached hydrogens (primary N) is 4. The summed E-state index contributed by atoms with van der Waals surface area (Å²) in [4.78, 5) is 0. The molecule has 0 atom stereocenters. The van der Waals surface area contributed by atoms with Crippen LogP contribution in [0.15, 0.2) is 36.4 Å². The Labute approximate surface area is 170 Å². The molecule has 2 rings (SSSR count). The van der Waals surface area contributed by atoms with Crippen molar-refractivity contribution < 1.29 is 9.47 Å². The SMILES string of the molecule is Cl.Cl.N=C(N)c1ccc(OCCCOc2ccc(C(=N)N)cc2N)c(N)c1. The lowest BCUT2D eigenvalue weighted by molar-refractivity contribution is 0.249. The summed E-state index contributed by atoms with van der Waals surface area (Å²) >= 11 is 0.